The van der Waals surface area contributed by atoms with Crippen molar-refractivity contribution in [3.05, 3.63) is 60.1 Å². The molecule has 5 nitrogen and oxygen atoms in total. The van der Waals surface area contributed by atoms with E-state index in [4.69, 9.17) is 14.3 Å². The molecule has 0 unspecified atom stereocenters. The van der Waals surface area contributed by atoms with Crippen LogP contribution in [0.1, 0.15) is 16.1 Å². The van der Waals surface area contributed by atoms with Crippen molar-refractivity contribution in [1.82, 2.24) is 4.98 Å². The highest BCUT2D eigenvalue weighted by Crippen LogP contribution is 2.21. The monoisotopic (exact) mass is 269 g/mol. The van der Waals surface area contributed by atoms with Gasteiger partial charge in [0.15, 0.2) is 0 Å². The van der Waals surface area contributed by atoms with Crippen molar-refractivity contribution in [3.8, 4) is 5.75 Å². The average Bonchev–Trinajstić information content (AvgIpc) is 2.89. The molecule has 0 fully saturated rings. The van der Waals surface area contributed by atoms with Crippen LogP contribution in [0, 0.1) is 0 Å². The molecule has 0 aliphatic carbocycles. The van der Waals surface area contributed by atoms with E-state index in [9.17, 15) is 4.79 Å². The molecule has 0 spiro atoms. The lowest BCUT2D eigenvalue weighted by molar-refractivity contribution is 0.0665. The fourth-order valence-electron chi connectivity index (χ4n) is 1.89. The molecule has 2 aromatic heterocycles. The number of pyridine rings is 1. The number of aromatic carboxylic acids is 1. The van der Waals surface area contributed by atoms with Gasteiger partial charge >= 0.3 is 5.97 Å². The largest absolute Gasteiger partial charge is 0.487 e. The summed E-state index contributed by atoms with van der Waals surface area (Å²) in [6, 6.07) is 10.6. The Balaban J connectivity index is 1.80. The fraction of sp³-hybridized carbons (Fsp3) is 0.0667. The third kappa shape index (κ3) is 2.47. The lowest BCUT2D eigenvalue weighted by atomic mass is 10.2. The number of carboxylic acid groups (broad SMARTS) is 1. The van der Waals surface area contributed by atoms with Crippen LogP contribution < -0.4 is 4.74 Å². The molecule has 20 heavy (non-hydrogen) atoms. The summed E-state index contributed by atoms with van der Waals surface area (Å²) in [5.41, 5.74) is 1.48. The molecule has 5 heteroatoms. The van der Waals surface area contributed by atoms with Gasteiger partial charge in [-0.3, -0.25) is 4.98 Å². The molecule has 100 valence electrons. The van der Waals surface area contributed by atoms with Gasteiger partial charge in [0.25, 0.3) is 0 Å². The molecule has 0 aliphatic heterocycles. The highest BCUT2D eigenvalue weighted by Gasteiger charge is 2.10. The number of carbonyl (C=O) groups is 1. The zero-order valence-electron chi connectivity index (χ0n) is 10.4. The lowest BCUT2D eigenvalue weighted by Crippen LogP contribution is -1.95. The zero-order valence-corrected chi connectivity index (χ0v) is 10.4. The van der Waals surface area contributed by atoms with Crippen LogP contribution in [0.3, 0.4) is 0 Å². The van der Waals surface area contributed by atoms with E-state index in [0.717, 1.165) is 10.9 Å². The summed E-state index contributed by atoms with van der Waals surface area (Å²) >= 11 is 0. The summed E-state index contributed by atoms with van der Waals surface area (Å²) in [6.07, 6.45) is 3.32. The smallest absolute Gasteiger partial charge is 0.371 e. The molecule has 0 radical (unpaired) electrons. The number of hydrogen-bond donors (Lipinski definition) is 1. The Morgan fingerprint density at radius 2 is 2.20 bits per heavy atom. The third-order valence-corrected chi connectivity index (χ3v) is 2.83. The quantitative estimate of drug-likeness (QED) is 0.787. The second-order valence-corrected chi connectivity index (χ2v) is 4.27. The predicted molar refractivity (Wildman–Crippen MR) is 71.7 cm³/mol. The first-order valence-corrected chi connectivity index (χ1v) is 6.01. The van der Waals surface area contributed by atoms with E-state index in [1.807, 2.05) is 18.2 Å². The van der Waals surface area contributed by atoms with E-state index >= 15 is 0 Å². The lowest BCUT2D eigenvalue weighted by Gasteiger charge is -2.05. The van der Waals surface area contributed by atoms with Crippen molar-refractivity contribution >= 4 is 16.9 Å². The first-order valence-electron chi connectivity index (χ1n) is 6.01. The number of rotatable bonds is 4. The molecular formula is C15H11NO4. The first kappa shape index (κ1) is 12.2. The van der Waals surface area contributed by atoms with E-state index in [2.05, 4.69) is 4.98 Å². The van der Waals surface area contributed by atoms with Crippen LogP contribution >= 0.6 is 0 Å². The van der Waals surface area contributed by atoms with Crippen LogP contribution in [0.25, 0.3) is 11.0 Å². The summed E-state index contributed by atoms with van der Waals surface area (Å²) in [6.45, 7) is 0.384. The van der Waals surface area contributed by atoms with Crippen molar-refractivity contribution in [1.29, 1.82) is 0 Å². The number of fused-ring (bicyclic) bond motifs is 1. The van der Waals surface area contributed by atoms with Gasteiger partial charge in [-0.2, -0.15) is 0 Å². The minimum atomic E-state index is -1.07. The van der Waals surface area contributed by atoms with Gasteiger partial charge in [0, 0.05) is 11.6 Å². The summed E-state index contributed by atoms with van der Waals surface area (Å²) < 4.78 is 10.8. The molecule has 0 bridgehead atoms. The number of hydrogen-bond acceptors (Lipinski definition) is 4. The van der Waals surface area contributed by atoms with Crippen LogP contribution in [-0.2, 0) is 6.61 Å². The molecule has 1 aromatic carbocycles. The van der Waals surface area contributed by atoms with E-state index in [1.165, 1.54) is 6.07 Å². The van der Waals surface area contributed by atoms with Crippen molar-refractivity contribution in [2.45, 2.75) is 6.61 Å². The summed E-state index contributed by atoms with van der Waals surface area (Å²) in [5, 5.41) is 9.63. The van der Waals surface area contributed by atoms with Gasteiger partial charge in [0.05, 0.1) is 6.20 Å². The van der Waals surface area contributed by atoms with Gasteiger partial charge in [0.2, 0.25) is 5.76 Å². The van der Waals surface area contributed by atoms with Crippen LogP contribution in [0.5, 0.6) is 5.75 Å². The molecular weight excluding hydrogens is 258 g/mol. The number of furan rings is 1. The zero-order chi connectivity index (χ0) is 13.9. The SMILES string of the molecule is O=C(O)c1cc2cc(COc3cccnc3)ccc2o1. The molecule has 2 heterocycles. The Hall–Kier alpha value is -2.82. The summed E-state index contributed by atoms with van der Waals surface area (Å²) in [5.74, 6) is -0.453. The van der Waals surface area contributed by atoms with E-state index in [0.29, 0.717) is 17.9 Å². The maximum absolute atomic E-state index is 10.8. The fourth-order valence-corrected chi connectivity index (χ4v) is 1.89. The van der Waals surface area contributed by atoms with Crippen molar-refractivity contribution in [2.24, 2.45) is 0 Å². The molecule has 0 saturated heterocycles. The second kappa shape index (κ2) is 5.05. The normalized spacial score (nSPS) is 10.6. The molecule has 3 rings (SSSR count). The maximum atomic E-state index is 10.8. The number of ether oxygens (including phenoxy) is 1. The van der Waals surface area contributed by atoms with Crippen LogP contribution in [0.2, 0.25) is 0 Å². The van der Waals surface area contributed by atoms with Crippen LogP contribution in [-0.4, -0.2) is 16.1 Å². The minimum absolute atomic E-state index is 0.0645. The highest BCUT2D eigenvalue weighted by molar-refractivity contribution is 5.91. The topological polar surface area (TPSA) is 72.6 Å². The summed E-state index contributed by atoms with van der Waals surface area (Å²) in [4.78, 5) is 14.8. The van der Waals surface area contributed by atoms with Gasteiger partial charge in [-0.25, -0.2) is 4.79 Å². The highest BCUT2D eigenvalue weighted by atomic mass is 16.5. The Kier molecular flexibility index (Phi) is 3.09. The van der Waals surface area contributed by atoms with E-state index < -0.39 is 5.97 Å². The standard InChI is InChI=1S/C15H11NO4/c17-15(18)14-7-11-6-10(3-4-13(11)20-14)9-19-12-2-1-5-16-8-12/h1-8H,9H2,(H,17,18). The molecule has 0 atom stereocenters. The number of benzene rings is 1. The number of carboxylic acids is 1. The van der Waals surface area contributed by atoms with Crippen molar-refractivity contribution < 1.29 is 19.1 Å². The second-order valence-electron chi connectivity index (χ2n) is 4.27. The van der Waals surface area contributed by atoms with Crippen LogP contribution in [0.15, 0.2) is 53.2 Å². The van der Waals surface area contributed by atoms with Gasteiger partial charge in [-0.15, -0.1) is 0 Å². The van der Waals surface area contributed by atoms with Gasteiger partial charge in [-0.1, -0.05) is 6.07 Å². The molecule has 0 aliphatic rings. The van der Waals surface area contributed by atoms with Gasteiger partial charge in [0.1, 0.15) is 17.9 Å². The third-order valence-electron chi connectivity index (χ3n) is 2.83. The van der Waals surface area contributed by atoms with Crippen molar-refractivity contribution in [2.75, 3.05) is 0 Å². The number of aromatic nitrogens is 1. The molecule has 1 N–H and O–H groups in total. The van der Waals surface area contributed by atoms with Crippen LogP contribution in [0.4, 0.5) is 0 Å². The number of nitrogens with zero attached hydrogens (tertiary/aromatic N) is 1. The maximum Gasteiger partial charge on any atom is 0.371 e. The predicted octanol–water partition coefficient (Wildman–Crippen LogP) is 3.11. The first-order chi connectivity index (χ1) is 9.72. The van der Waals surface area contributed by atoms with Gasteiger partial charge in [-0.05, 0) is 35.9 Å². The Morgan fingerprint density at radius 1 is 1.30 bits per heavy atom. The molecule has 0 amide bonds. The average molecular weight is 269 g/mol. The van der Waals surface area contributed by atoms with Gasteiger partial charge < -0.3 is 14.3 Å². The molecule has 0 saturated carbocycles. The summed E-state index contributed by atoms with van der Waals surface area (Å²) in [7, 11) is 0. The van der Waals surface area contributed by atoms with E-state index in [1.54, 1.807) is 24.5 Å². The Bertz CT molecular complexity index is 749. The molecule has 3 aromatic rings. The Morgan fingerprint density at radius 3 is 2.95 bits per heavy atom. The minimum Gasteiger partial charge on any atom is -0.487 e. The van der Waals surface area contributed by atoms with E-state index in [-0.39, 0.29) is 5.76 Å². The Labute approximate surface area is 114 Å². The van der Waals surface area contributed by atoms with Crippen molar-refractivity contribution in [3.63, 3.8) is 0 Å².